The molecular weight excluding hydrogens is 443 g/mol. The normalized spacial score (nSPS) is 11.2. The van der Waals surface area contributed by atoms with Gasteiger partial charge in [0.15, 0.2) is 0 Å². The van der Waals surface area contributed by atoms with Gasteiger partial charge in [-0.2, -0.15) is 5.10 Å². The smallest absolute Gasteiger partial charge is 0.262 e. The summed E-state index contributed by atoms with van der Waals surface area (Å²) in [4.78, 5) is 12.5. The van der Waals surface area contributed by atoms with E-state index in [1.54, 1.807) is 36.1 Å². The summed E-state index contributed by atoms with van der Waals surface area (Å²) >= 11 is 0. The number of aromatic nitrogens is 2. The van der Waals surface area contributed by atoms with Gasteiger partial charge in [-0.05, 0) is 54.4 Å². The molecule has 0 aliphatic heterocycles. The number of benzene rings is 3. The third-order valence-corrected chi connectivity index (χ3v) is 6.41. The molecule has 0 unspecified atom stereocenters. The molecule has 0 atom stereocenters. The Hall–Kier alpha value is -3.98. The number of rotatable bonds is 7. The van der Waals surface area contributed by atoms with Gasteiger partial charge in [-0.15, -0.1) is 0 Å². The Morgan fingerprint density at radius 2 is 1.76 bits per heavy atom. The van der Waals surface area contributed by atoms with Crippen molar-refractivity contribution in [2.75, 3.05) is 10.0 Å². The molecule has 3 aromatic carbocycles. The van der Waals surface area contributed by atoms with E-state index in [-0.39, 0.29) is 22.9 Å². The zero-order chi connectivity index (χ0) is 23.4. The van der Waals surface area contributed by atoms with Crippen molar-refractivity contribution >= 4 is 27.3 Å². The first-order valence-corrected chi connectivity index (χ1v) is 11.6. The molecule has 9 heteroatoms. The van der Waals surface area contributed by atoms with Gasteiger partial charge in [0.2, 0.25) is 5.91 Å². The average molecular weight is 465 g/mol. The van der Waals surface area contributed by atoms with Crippen LogP contribution in [0.2, 0.25) is 0 Å². The van der Waals surface area contributed by atoms with Crippen molar-refractivity contribution in [1.82, 2.24) is 9.78 Å². The highest BCUT2D eigenvalue weighted by Gasteiger charge is 2.20. The van der Waals surface area contributed by atoms with E-state index in [2.05, 4.69) is 15.1 Å². The summed E-state index contributed by atoms with van der Waals surface area (Å²) < 4.78 is 43.5. The molecule has 4 aromatic rings. The van der Waals surface area contributed by atoms with Gasteiger partial charge in [0.25, 0.3) is 10.0 Å². The van der Waals surface area contributed by atoms with Crippen molar-refractivity contribution < 1.29 is 17.6 Å². The number of carbonyl (C=O) groups excluding carboxylic acids is 1. The maximum atomic E-state index is 13.9. The molecule has 0 fully saturated rings. The molecule has 0 radical (unpaired) electrons. The number of hydrogen-bond acceptors (Lipinski definition) is 4. The molecule has 2 N–H and O–H groups in total. The molecule has 0 saturated heterocycles. The van der Waals surface area contributed by atoms with Gasteiger partial charge in [0.1, 0.15) is 5.82 Å². The average Bonchev–Trinajstić information content (AvgIpc) is 3.25. The lowest BCUT2D eigenvalue weighted by atomic mass is 10.2. The molecule has 0 aliphatic carbocycles. The van der Waals surface area contributed by atoms with Crippen LogP contribution in [-0.4, -0.2) is 24.1 Å². The number of amides is 1. The highest BCUT2D eigenvalue weighted by Crippen LogP contribution is 2.24. The number of carbonyl (C=O) groups is 1. The third kappa shape index (κ3) is 5.27. The van der Waals surface area contributed by atoms with Crippen LogP contribution in [0.25, 0.3) is 5.69 Å². The number of hydrogen-bond donors (Lipinski definition) is 2. The summed E-state index contributed by atoms with van der Waals surface area (Å²) in [6.45, 7) is 1.62. The van der Waals surface area contributed by atoms with Crippen LogP contribution in [0, 0.1) is 12.7 Å². The Bertz CT molecular complexity index is 1400. The first kappa shape index (κ1) is 22.2. The minimum absolute atomic E-state index is 0.0551. The highest BCUT2D eigenvalue weighted by molar-refractivity contribution is 7.92. The van der Waals surface area contributed by atoms with Crippen molar-refractivity contribution in [1.29, 1.82) is 0 Å². The number of nitrogens with zero attached hydrogens (tertiary/aromatic N) is 2. The summed E-state index contributed by atoms with van der Waals surface area (Å²) in [5.74, 6) is -1.00. The Kier molecular flexibility index (Phi) is 6.23. The molecule has 168 valence electrons. The largest absolute Gasteiger partial charge is 0.326 e. The molecular formula is C24H21FN4O3S. The van der Waals surface area contributed by atoms with Crippen LogP contribution < -0.4 is 10.0 Å². The number of sulfonamides is 1. The van der Waals surface area contributed by atoms with Crippen molar-refractivity contribution in [3.05, 3.63) is 102 Å². The lowest BCUT2D eigenvalue weighted by Crippen LogP contribution is -2.17. The van der Waals surface area contributed by atoms with Crippen LogP contribution in [-0.2, 0) is 21.2 Å². The Morgan fingerprint density at radius 3 is 2.52 bits per heavy atom. The Morgan fingerprint density at radius 1 is 1.03 bits per heavy atom. The van der Waals surface area contributed by atoms with E-state index >= 15 is 0 Å². The minimum Gasteiger partial charge on any atom is -0.326 e. The van der Waals surface area contributed by atoms with E-state index in [0.29, 0.717) is 16.8 Å². The van der Waals surface area contributed by atoms with Crippen molar-refractivity contribution in [2.45, 2.75) is 18.2 Å². The third-order valence-electron chi connectivity index (χ3n) is 4.90. The van der Waals surface area contributed by atoms with Crippen LogP contribution in [0.4, 0.5) is 15.8 Å². The van der Waals surface area contributed by atoms with E-state index in [9.17, 15) is 17.6 Å². The lowest BCUT2D eigenvalue weighted by molar-refractivity contribution is -0.115. The van der Waals surface area contributed by atoms with E-state index in [1.165, 1.54) is 30.3 Å². The lowest BCUT2D eigenvalue weighted by Gasteiger charge is -2.13. The quantitative estimate of drug-likeness (QED) is 0.426. The first-order chi connectivity index (χ1) is 15.8. The zero-order valence-corrected chi connectivity index (χ0v) is 18.5. The van der Waals surface area contributed by atoms with Gasteiger partial charge in [-0.3, -0.25) is 9.52 Å². The summed E-state index contributed by atoms with van der Waals surface area (Å²) in [6, 6.07) is 19.6. The molecule has 0 aliphatic rings. The standard InChI is InChI=1S/C24H21FN4O3S/c1-17-11-12-19(14-23(17)33(31,32)28-22-10-6-5-9-21(22)25)27-24(30)13-18-15-26-29(16-18)20-7-3-2-4-8-20/h2-12,14-16,28H,13H2,1H3,(H,27,30). The van der Waals surface area contributed by atoms with Gasteiger partial charge in [0.05, 0.1) is 28.9 Å². The molecule has 0 spiro atoms. The maximum Gasteiger partial charge on any atom is 0.262 e. The first-order valence-electron chi connectivity index (χ1n) is 10.1. The number of halogens is 1. The summed E-state index contributed by atoms with van der Waals surface area (Å²) in [5, 5.41) is 6.98. The van der Waals surface area contributed by atoms with Gasteiger partial charge in [-0.25, -0.2) is 17.5 Å². The Balaban J connectivity index is 1.48. The van der Waals surface area contributed by atoms with E-state index in [1.807, 2.05) is 30.3 Å². The molecule has 33 heavy (non-hydrogen) atoms. The fourth-order valence-electron chi connectivity index (χ4n) is 3.27. The van der Waals surface area contributed by atoms with Crippen LogP contribution in [0.1, 0.15) is 11.1 Å². The van der Waals surface area contributed by atoms with Gasteiger partial charge >= 0.3 is 0 Å². The second kappa shape index (κ2) is 9.25. The topological polar surface area (TPSA) is 93.1 Å². The number of para-hydroxylation sites is 2. The fraction of sp³-hybridized carbons (Fsp3) is 0.0833. The molecule has 0 saturated carbocycles. The van der Waals surface area contributed by atoms with E-state index in [0.717, 1.165) is 5.69 Å². The van der Waals surface area contributed by atoms with Gasteiger partial charge < -0.3 is 5.32 Å². The van der Waals surface area contributed by atoms with Crippen LogP contribution in [0.15, 0.2) is 90.1 Å². The highest BCUT2D eigenvalue weighted by atomic mass is 32.2. The Labute approximate surface area is 190 Å². The predicted octanol–water partition coefficient (Wildman–Crippen LogP) is 4.30. The zero-order valence-electron chi connectivity index (χ0n) is 17.7. The summed E-state index contributed by atoms with van der Waals surface area (Å²) in [6.07, 6.45) is 3.43. The molecule has 1 aromatic heterocycles. The van der Waals surface area contributed by atoms with E-state index in [4.69, 9.17) is 0 Å². The van der Waals surface area contributed by atoms with Crippen molar-refractivity contribution in [3.8, 4) is 5.69 Å². The molecule has 0 bridgehead atoms. The molecule has 4 rings (SSSR count). The van der Waals surface area contributed by atoms with Crippen LogP contribution >= 0.6 is 0 Å². The molecule has 1 amide bonds. The van der Waals surface area contributed by atoms with Crippen LogP contribution in [0.3, 0.4) is 0 Å². The number of nitrogens with one attached hydrogen (secondary N) is 2. The van der Waals surface area contributed by atoms with Crippen molar-refractivity contribution in [3.63, 3.8) is 0 Å². The predicted molar refractivity (Wildman–Crippen MR) is 124 cm³/mol. The van der Waals surface area contributed by atoms with Gasteiger partial charge in [0, 0.05) is 11.9 Å². The second-order valence-corrected chi connectivity index (χ2v) is 9.07. The van der Waals surface area contributed by atoms with Crippen LogP contribution in [0.5, 0.6) is 0 Å². The van der Waals surface area contributed by atoms with Crippen molar-refractivity contribution in [2.24, 2.45) is 0 Å². The summed E-state index contributed by atoms with van der Waals surface area (Å²) in [7, 11) is -4.07. The minimum atomic E-state index is -4.07. The van der Waals surface area contributed by atoms with Gasteiger partial charge in [-0.1, -0.05) is 36.4 Å². The second-order valence-electron chi connectivity index (χ2n) is 7.42. The number of aryl methyl sites for hydroxylation is 1. The fourth-order valence-corrected chi connectivity index (χ4v) is 4.61. The SMILES string of the molecule is Cc1ccc(NC(=O)Cc2cnn(-c3ccccc3)c2)cc1S(=O)(=O)Nc1ccccc1F. The molecule has 7 nitrogen and oxygen atoms in total. The maximum absolute atomic E-state index is 13.9. The number of anilines is 2. The van der Waals surface area contributed by atoms with E-state index < -0.39 is 15.8 Å². The summed E-state index contributed by atoms with van der Waals surface area (Å²) in [5.41, 5.74) is 2.20. The molecule has 1 heterocycles. The monoisotopic (exact) mass is 464 g/mol.